The van der Waals surface area contributed by atoms with Crippen LogP contribution in [0, 0.1) is 0 Å². The first-order valence-electron chi connectivity index (χ1n) is 8.77. The Hall–Kier alpha value is -1.36. The van der Waals surface area contributed by atoms with E-state index in [9.17, 15) is 4.79 Å². The molecule has 5 nitrogen and oxygen atoms in total. The van der Waals surface area contributed by atoms with E-state index in [0.717, 1.165) is 50.4 Å². The molecule has 1 aromatic rings. The zero-order valence-corrected chi connectivity index (χ0v) is 13.1. The predicted molar refractivity (Wildman–Crippen MR) is 82.3 cm³/mol. The molecule has 0 spiro atoms. The Balaban J connectivity index is 1.29. The van der Waals surface area contributed by atoms with E-state index in [0.29, 0.717) is 23.9 Å². The van der Waals surface area contributed by atoms with Crippen LogP contribution in [0.4, 0.5) is 0 Å². The minimum absolute atomic E-state index is 0.356. The minimum Gasteiger partial charge on any atom is -0.444 e. The standard InChI is InChI=1S/C17H25N3O2/c21-16-5-2-8-20(16)14-4-1-3-13(9-14)18-10-15-11-19-17(22-15)12-6-7-12/h11-14,18H,1-10H2. The Kier molecular flexibility index (Phi) is 3.90. The van der Waals surface area contributed by atoms with Crippen LogP contribution in [-0.4, -0.2) is 34.4 Å². The normalized spacial score (nSPS) is 29.3. The van der Waals surface area contributed by atoms with Crippen LogP contribution >= 0.6 is 0 Å². The first-order chi connectivity index (χ1) is 10.8. The van der Waals surface area contributed by atoms with Gasteiger partial charge in [-0.15, -0.1) is 0 Å². The third kappa shape index (κ3) is 3.05. The van der Waals surface area contributed by atoms with Crippen LogP contribution in [0.3, 0.4) is 0 Å². The predicted octanol–water partition coefficient (Wildman–Crippen LogP) is 2.58. The van der Waals surface area contributed by atoms with Gasteiger partial charge in [0.25, 0.3) is 0 Å². The molecule has 2 saturated carbocycles. The third-order valence-electron chi connectivity index (χ3n) is 5.26. The molecule has 2 atom stereocenters. The lowest BCUT2D eigenvalue weighted by Gasteiger charge is -2.35. The molecule has 1 aliphatic heterocycles. The lowest BCUT2D eigenvalue weighted by molar-refractivity contribution is -0.130. The summed E-state index contributed by atoms with van der Waals surface area (Å²) in [4.78, 5) is 18.4. The molecular formula is C17H25N3O2. The maximum absolute atomic E-state index is 11.9. The van der Waals surface area contributed by atoms with E-state index in [1.165, 1.54) is 25.7 Å². The molecule has 3 aliphatic rings. The van der Waals surface area contributed by atoms with Gasteiger partial charge >= 0.3 is 0 Å². The first-order valence-corrected chi connectivity index (χ1v) is 8.77. The summed E-state index contributed by atoms with van der Waals surface area (Å²) in [6.45, 7) is 1.72. The van der Waals surface area contributed by atoms with E-state index in [2.05, 4.69) is 15.2 Å². The van der Waals surface area contributed by atoms with Crippen LogP contribution < -0.4 is 5.32 Å². The largest absolute Gasteiger partial charge is 0.444 e. The van der Waals surface area contributed by atoms with Crippen molar-refractivity contribution in [1.29, 1.82) is 0 Å². The van der Waals surface area contributed by atoms with Crippen LogP contribution in [0.2, 0.25) is 0 Å². The number of amides is 1. The van der Waals surface area contributed by atoms with Gasteiger partial charge in [0.1, 0.15) is 5.76 Å². The molecule has 5 heteroatoms. The average Bonchev–Trinajstić information content (AvgIpc) is 3.12. The highest BCUT2D eigenvalue weighted by Gasteiger charge is 2.32. The molecule has 0 bridgehead atoms. The number of hydrogen-bond acceptors (Lipinski definition) is 4. The van der Waals surface area contributed by atoms with Crippen LogP contribution in [0.25, 0.3) is 0 Å². The van der Waals surface area contributed by atoms with Gasteiger partial charge in [-0.3, -0.25) is 4.79 Å². The third-order valence-corrected chi connectivity index (χ3v) is 5.26. The van der Waals surface area contributed by atoms with Gasteiger partial charge < -0.3 is 14.6 Å². The van der Waals surface area contributed by atoms with Gasteiger partial charge in [-0.05, 0) is 44.9 Å². The van der Waals surface area contributed by atoms with Gasteiger partial charge in [0.2, 0.25) is 5.91 Å². The maximum atomic E-state index is 11.9. The van der Waals surface area contributed by atoms with E-state index >= 15 is 0 Å². The molecule has 4 rings (SSSR count). The molecule has 2 heterocycles. The number of hydrogen-bond donors (Lipinski definition) is 1. The zero-order chi connectivity index (χ0) is 14.9. The van der Waals surface area contributed by atoms with Crippen molar-refractivity contribution in [2.45, 2.75) is 75.9 Å². The van der Waals surface area contributed by atoms with Gasteiger partial charge in [0.15, 0.2) is 5.89 Å². The molecule has 0 radical (unpaired) electrons. The number of nitrogens with zero attached hydrogens (tertiary/aromatic N) is 2. The molecule has 1 N–H and O–H groups in total. The van der Waals surface area contributed by atoms with Gasteiger partial charge in [-0.2, -0.15) is 0 Å². The topological polar surface area (TPSA) is 58.4 Å². The van der Waals surface area contributed by atoms with E-state index in [-0.39, 0.29) is 0 Å². The molecule has 1 amide bonds. The van der Waals surface area contributed by atoms with Crippen molar-refractivity contribution in [3.8, 4) is 0 Å². The molecule has 0 aromatic carbocycles. The molecule has 1 aromatic heterocycles. The molecule has 2 unspecified atom stereocenters. The number of likely N-dealkylation sites (tertiary alicyclic amines) is 1. The first kappa shape index (κ1) is 14.2. The Morgan fingerprint density at radius 2 is 2.18 bits per heavy atom. The Bertz CT molecular complexity index is 538. The summed E-state index contributed by atoms with van der Waals surface area (Å²) >= 11 is 0. The second-order valence-electron chi connectivity index (χ2n) is 7.03. The van der Waals surface area contributed by atoms with E-state index in [1.54, 1.807) is 0 Å². The monoisotopic (exact) mass is 303 g/mol. The molecule has 120 valence electrons. The van der Waals surface area contributed by atoms with Gasteiger partial charge in [0.05, 0.1) is 12.7 Å². The van der Waals surface area contributed by atoms with Crippen molar-refractivity contribution in [2.75, 3.05) is 6.54 Å². The smallest absolute Gasteiger partial charge is 0.222 e. The summed E-state index contributed by atoms with van der Waals surface area (Å²) in [7, 11) is 0. The van der Waals surface area contributed by atoms with Crippen LogP contribution in [0.5, 0.6) is 0 Å². The van der Waals surface area contributed by atoms with Crippen molar-refractivity contribution in [3.63, 3.8) is 0 Å². The summed E-state index contributed by atoms with van der Waals surface area (Å²) < 4.78 is 5.80. The second kappa shape index (κ2) is 6.03. The summed E-state index contributed by atoms with van der Waals surface area (Å²) in [5.41, 5.74) is 0. The van der Waals surface area contributed by atoms with Gasteiger partial charge in [0, 0.05) is 31.0 Å². The summed E-state index contributed by atoms with van der Waals surface area (Å²) in [6, 6.07) is 0.930. The number of aromatic nitrogens is 1. The minimum atomic E-state index is 0.356. The average molecular weight is 303 g/mol. The highest BCUT2D eigenvalue weighted by molar-refractivity contribution is 5.78. The SMILES string of the molecule is O=C1CCCN1C1CCCC(NCc2cnc(C3CC3)o2)C1. The number of carbonyl (C=O) groups is 1. The van der Waals surface area contributed by atoms with Gasteiger partial charge in [-0.1, -0.05) is 0 Å². The molecule has 1 saturated heterocycles. The molecule has 2 aliphatic carbocycles. The summed E-state index contributed by atoms with van der Waals surface area (Å²) in [6.07, 6.45) is 10.7. The van der Waals surface area contributed by atoms with Crippen molar-refractivity contribution in [1.82, 2.24) is 15.2 Å². The number of oxazole rings is 1. The fourth-order valence-electron chi connectivity index (χ4n) is 3.86. The molecule has 3 fully saturated rings. The number of rotatable bonds is 5. The van der Waals surface area contributed by atoms with Gasteiger partial charge in [-0.25, -0.2) is 4.98 Å². The van der Waals surface area contributed by atoms with E-state index in [1.807, 2.05) is 6.20 Å². The fraction of sp³-hybridized carbons (Fsp3) is 0.765. The van der Waals surface area contributed by atoms with Crippen molar-refractivity contribution >= 4 is 5.91 Å². The van der Waals surface area contributed by atoms with Crippen molar-refractivity contribution in [2.24, 2.45) is 0 Å². The maximum Gasteiger partial charge on any atom is 0.222 e. The van der Waals surface area contributed by atoms with Crippen LogP contribution in [0.15, 0.2) is 10.6 Å². The number of carbonyl (C=O) groups excluding carboxylic acids is 1. The van der Waals surface area contributed by atoms with E-state index < -0.39 is 0 Å². The van der Waals surface area contributed by atoms with Crippen LogP contribution in [-0.2, 0) is 11.3 Å². The Morgan fingerprint density at radius 3 is 2.95 bits per heavy atom. The highest BCUT2D eigenvalue weighted by Crippen LogP contribution is 2.39. The zero-order valence-electron chi connectivity index (χ0n) is 13.1. The lowest BCUT2D eigenvalue weighted by Crippen LogP contribution is -2.44. The summed E-state index contributed by atoms with van der Waals surface area (Å²) in [5, 5.41) is 3.61. The lowest BCUT2D eigenvalue weighted by atomic mass is 9.90. The Labute approximate surface area is 131 Å². The summed E-state index contributed by atoms with van der Waals surface area (Å²) in [5.74, 6) is 2.80. The van der Waals surface area contributed by atoms with E-state index in [4.69, 9.17) is 4.42 Å². The van der Waals surface area contributed by atoms with Crippen molar-refractivity contribution < 1.29 is 9.21 Å². The second-order valence-corrected chi connectivity index (χ2v) is 7.03. The number of nitrogens with one attached hydrogen (secondary N) is 1. The highest BCUT2D eigenvalue weighted by atomic mass is 16.4. The Morgan fingerprint density at radius 1 is 1.27 bits per heavy atom. The van der Waals surface area contributed by atoms with Crippen molar-refractivity contribution in [3.05, 3.63) is 17.8 Å². The van der Waals surface area contributed by atoms with Crippen LogP contribution in [0.1, 0.15) is 68.9 Å². The molecule has 22 heavy (non-hydrogen) atoms. The fourth-order valence-corrected chi connectivity index (χ4v) is 3.86. The molecular weight excluding hydrogens is 278 g/mol. The quantitative estimate of drug-likeness (QED) is 0.908.